The fraction of sp³-hybridized carbons (Fsp3) is 1.00. The highest BCUT2D eigenvalue weighted by molar-refractivity contribution is 4.83. The molecule has 2 heteroatoms. The first-order valence-corrected chi connectivity index (χ1v) is 6.11. The van der Waals surface area contributed by atoms with Crippen molar-refractivity contribution in [3.8, 4) is 0 Å². The Kier molecular flexibility index (Phi) is 3.83. The van der Waals surface area contributed by atoms with Gasteiger partial charge in [0.15, 0.2) is 0 Å². The first-order chi connectivity index (χ1) is 6.68. The van der Waals surface area contributed by atoms with Gasteiger partial charge in [-0.3, -0.25) is 4.90 Å². The molecule has 0 aromatic heterocycles. The van der Waals surface area contributed by atoms with E-state index < -0.39 is 0 Å². The summed E-state index contributed by atoms with van der Waals surface area (Å²) in [5.41, 5.74) is 0.269. The van der Waals surface area contributed by atoms with Gasteiger partial charge >= 0.3 is 0 Å². The van der Waals surface area contributed by atoms with E-state index in [0.717, 1.165) is 6.54 Å². The number of hydrogen-bond acceptors (Lipinski definition) is 2. The van der Waals surface area contributed by atoms with Gasteiger partial charge in [-0.05, 0) is 60.9 Å². The Morgan fingerprint density at radius 3 is 2.13 bits per heavy atom. The highest BCUT2D eigenvalue weighted by atomic mass is 16.5. The molecule has 1 fully saturated rings. The van der Waals surface area contributed by atoms with E-state index in [0.29, 0.717) is 6.10 Å². The largest absolute Gasteiger partial charge is 0.371 e. The van der Waals surface area contributed by atoms with E-state index in [1.807, 2.05) is 0 Å². The number of piperidine rings is 1. The maximum Gasteiger partial charge on any atom is 0.0709 e. The minimum Gasteiger partial charge on any atom is -0.371 e. The lowest BCUT2D eigenvalue weighted by molar-refractivity contribution is -0.0973. The van der Waals surface area contributed by atoms with Crippen molar-refractivity contribution in [2.45, 2.75) is 71.6 Å². The van der Waals surface area contributed by atoms with Gasteiger partial charge in [-0.15, -0.1) is 0 Å². The highest BCUT2D eigenvalue weighted by Gasteiger charge is 2.30. The van der Waals surface area contributed by atoms with Crippen LogP contribution in [-0.2, 0) is 4.74 Å². The zero-order chi connectivity index (χ0) is 11.7. The van der Waals surface area contributed by atoms with Gasteiger partial charge in [0.2, 0.25) is 0 Å². The quantitative estimate of drug-likeness (QED) is 0.664. The molecule has 1 saturated heterocycles. The average Bonchev–Trinajstić information content (AvgIpc) is 1.99. The predicted molar refractivity (Wildman–Crippen MR) is 65.2 cm³/mol. The highest BCUT2D eigenvalue weighted by Crippen LogP contribution is 2.24. The normalized spacial score (nSPS) is 25.6. The van der Waals surface area contributed by atoms with Crippen molar-refractivity contribution in [1.29, 1.82) is 0 Å². The standard InChI is InChI=1S/C13H27NO/c1-12(2,3)14-9-7-8-11(10-14)15-13(4,5)6/h11H,7-10H2,1-6H3/t11-/m0/s1. The Hall–Kier alpha value is -0.0800. The first-order valence-electron chi connectivity index (χ1n) is 6.11. The summed E-state index contributed by atoms with van der Waals surface area (Å²) >= 11 is 0. The van der Waals surface area contributed by atoms with Crippen LogP contribution in [0, 0.1) is 0 Å². The second-order valence-corrected chi connectivity index (χ2v) is 6.61. The lowest BCUT2D eigenvalue weighted by Crippen LogP contribution is -2.50. The molecule has 0 aromatic carbocycles. The van der Waals surface area contributed by atoms with E-state index in [9.17, 15) is 0 Å². The molecule has 0 radical (unpaired) electrons. The maximum atomic E-state index is 6.06. The third-order valence-corrected chi connectivity index (χ3v) is 2.85. The Labute approximate surface area is 95.0 Å². The minimum absolute atomic E-state index is 0.00837. The van der Waals surface area contributed by atoms with Gasteiger partial charge in [0.25, 0.3) is 0 Å². The third-order valence-electron chi connectivity index (χ3n) is 2.85. The molecular weight excluding hydrogens is 186 g/mol. The van der Waals surface area contributed by atoms with Crippen LogP contribution in [0.25, 0.3) is 0 Å². The van der Waals surface area contributed by atoms with Crippen molar-refractivity contribution in [3.63, 3.8) is 0 Å². The number of nitrogens with zero attached hydrogens (tertiary/aromatic N) is 1. The van der Waals surface area contributed by atoms with Crippen molar-refractivity contribution in [2.24, 2.45) is 0 Å². The summed E-state index contributed by atoms with van der Waals surface area (Å²) in [7, 11) is 0. The van der Waals surface area contributed by atoms with Gasteiger partial charge in [0.05, 0.1) is 11.7 Å². The van der Waals surface area contributed by atoms with Crippen LogP contribution in [0.15, 0.2) is 0 Å². The molecule has 0 aliphatic carbocycles. The van der Waals surface area contributed by atoms with E-state index in [2.05, 4.69) is 46.4 Å². The summed E-state index contributed by atoms with van der Waals surface area (Å²) in [6.45, 7) is 15.6. The molecule has 2 nitrogen and oxygen atoms in total. The third kappa shape index (κ3) is 4.52. The summed E-state index contributed by atoms with van der Waals surface area (Å²) in [6.07, 6.45) is 2.89. The van der Waals surface area contributed by atoms with Crippen LogP contribution in [-0.4, -0.2) is 35.2 Å². The lowest BCUT2D eigenvalue weighted by Gasteiger charge is -2.43. The molecule has 0 N–H and O–H groups in total. The second-order valence-electron chi connectivity index (χ2n) is 6.61. The Morgan fingerprint density at radius 2 is 1.67 bits per heavy atom. The summed E-state index contributed by atoms with van der Waals surface area (Å²) in [6, 6.07) is 0. The van der Waals surface area contributed by atoms with E-state index >= 15 is 0 Å². The molecule has 1 rings (SSSR count). The van der Waals surface area contributed by atoms with Crippen LogP contribution in [0.5, 0.6) is 0 Å². The van der Waals surface area contributed by atoms with E-state index in [1.165, 1.54) is 19.4 Å². The van der Waals surface area contributed by atoms with Gasteiger partial charge in [-0.1, -0.05) is 0 Å². The van der Waals surface area contributed by atoms with Gasteiger partial charge < -0.3 is 4.74 Å². The zero-order valence-electron chi connectivity index (χ0n) is 11.3. The van der Waals surface area contributed by atoms with Crippen LogP contribution in [0.1, 0.15) is 54.4 Å². The Morgan fingerprint density at radius 1 is 1.07 bits per heavy atom. The molecule has 0 amide bonds. The molecule has 0 saturated carbocycles. The summed E-state index contributed by atoms with van der Waals surface area (Å²) in [5.74, 6) is 0. The van der Waals surface area contributed by atoms with Crippen molar-refractivity contribution in [2.75, 3.05) is 13.1 Å². The molecule has 90 valence electrons. The molecular formula is C13H27NO. The molecule has 0 spiro atoms. The molecule has 1 atom stereocenters. The fourth-order valence-corrected chi connectivity index (χ4v) is 2.14. The number of likely N-dealkylation sites (tertiary alicyclic amines) is 1. The van der Waals surface area contributed by atoms with Crippen LogP contribution in [0.4, 0.5) is 0 Å². The summed E-state index contributed by atoms with van der Waals surface area (Å²) in [5, 5.41) is 0. The van der Waals surface area contributed by atoms with Crippen molar-refractivity contribution in [3.05, 3.63) is 0 Å². The van der Waals surface area contributed by atoms with Gasteiger partial charge in [0.1, 0.15) is 0 Å². The number of hydrogen-bond donors (Lipinski definition) is 0. The molecule has 0 unspecified atom stereocenters. The summed E-state index contributed by atoms with van der Waals surface area (Å²) in [4.78, 5) is 2.53. The molecule has 1 aliphatic heterocycles. The molecule has 0 aromatic rings. The van der Waals surface area contributed by atoms with Crippen molar-refractivity contribution >= 4 is 0 Å². The monoisotopic (exact) mass is 213 g/mol. The van der Waals surface area contributed by atoms with Crippen molar-refractivity contribution < 1.29 is 4.74 Å². The lowest BCUT2D eigenvalue weighted by atomic mass is 9.99. The van der Waals surface area contributed by atoms with Gasteiger partial charge in [-0.2, -0.15) is 0 Å². The first kappa shape index (κ1) is 13.0. The van der Waals surface area contributed by atoms with Gasteiger partial charge in [0, 0.05) is 12.1 Å². The van der Waals surface area contributed by atoms with Crippen LogP contribution in [0.2, 0.25) is 0 Å². The van der Waals surface area contributed by atoms with Crippen molar-refractivity contribution in [1.82, 2.24) is 4.90 Å². The fourth-order valence-electron chi connectivity index (χ4n) is 2.14. The molecule has 15 heavy (non-hydrogen) atoms. The maximum absolute atomic E-state index is 6.06. The average molecular weight is 213 g/mol. The molecule has 0 bridgehead atoms. The number of rotatable bonds is 1. The molecule has 1 heterocycles. The Balaban J connectivity index is 2.50. The minimum atomic E-state index is -0.00837. The van der Waals surface area contributed by atoms with E-state index in [-0.39, 0.29) is 11.1 Å². The Bertz CT molecular complexity index is 200. The predicted octanol–water partition coefficient (Wildman–Crippen LogP) is 3.06. The van der Waals surface area contributed by atoms with E-state index in [1.54, 1.807) is 0 Å². The smallest absolute Gasteiger partial charge is 0.0709 e. The van der Waals surface area contributed by atoms with Crippen LogP contribution >= 0.6 is 0 Å². The topological polar surface area (TPSA) is 12.5 Å². The van der Waals surface area contributed by atoms with E-state index in [4.69, 9.17) is 4.74 Å². The van der Waals surface area contributed by atoms with Crippen LogP contribution < -0.4 is 0 Å². The second kappa shape index (κ2) is 4.42. The summed E-state index contributed by atoms with van der Waals surface area (Å²) < 4.78 is 6.06. The molecule has 1 aliphatic rings. The number of ether oxygens (including phenoxy) is 1. The van der Waals surface area contributed by atoms with Crippen LogP contribution in [0.3, 0.4) is 0 Å². The SMILES string of the molecule is CC(C)(C)O[C@H]1CCCN(C(C)(C)C)C1. The van der Waals surface area contributed by atoms with Gasteiger partial charge in [-0.25, -0.2) is 0 Å². The zero-order valence-corrected chi connectivity index (χ0v) is 11.3.